The maximum absolute atomic E-state index is 11.6. The number of rotatable bonds is 3. The summed E-state index contributed by atoms with van der Waals surface area (Å²) in [7, 11) is 1.86. The summed E-state index contributed by atoms with van der Waals surface area (Å²) >= 11 is 9.29. The molecule has 3 aromatic rings. The Morgan fingerprint density at radius 2 is 2.14 bits per heavy atom. The standard InChI is InChI=1S/C14H11BrClN5O/c1-21-5-4-8-12(19-14(16)20-13(8)21)18-10-3-2-7(15)6-9(10)11(17)22/h2-6H,1H3,(H2,17,22)(H,18,19,20). The monoisotopic (exact) mass is 379 g/mol. The van der Waals surface area contributed by atoms with Crippen LogP contribution < -0.4 is 11.1 Å². The van der Waals surface area contributed by atoms with Crippen LogP contribution in [0.5, 0.6) is 0 Å². The Bertz CT molecular complexity index is 892. The molecule has 3 rings (SSSR count). The molecular weight excluding hydrogens is 370 g/mol. The number of amides is 1. The van der Waals surface area contributed by atoms with Crippen LogP contribution in [0.2, 0.25) is 5.28 Å². The van der Waals surface area contributed by atoms with Crippen molar-refractivity contribution in [2.45, 2.75) is 0 Å². The first-order valence-electron chi connectivity index (χ1n) is 6.30. The summed E-state index contributed by atoms with van der Waals surface area (Å²) in [4.78, 5) is 20.0. The van der Waals surface area contributed by atoms with Crippen molar-refractivity contribution in [2.24, 2.45) is 12.8 Å². The Morgan fingerprint density at radius 3 is 2.86 bits per heavy atom. The second kappa shape index (κ2) is 5.58. The minimum absolute atomic E-state index is 0.120. The van der Waals surface area contributed by atoms with Crippen molar-refractivity contribution >= 4 is 56.0 Å². The van der Waals surface area contributed by atoms with Crippen LogP contribution in [0.4, 0.5) is 11.5 Å². The Kier molecular flexibility index (Phi) is 3.76. The van der Waals surface area contributed by atoms with Gasteiger partial charge < -0.3 is 15.6 Å². The summed E-state index contributed by atoms with van der Waals surface area (Å²) in [6, 6.07) is 7.07. The Morgan fingerprint density at radius 1 is 1.36 bits per heavy atom. The molecular formula is C14H11BrClN5O. The molecule has 0 atom stereocenters. The average molecular weight is 381 g/mol. The molecule has 0 saturated heterocycles. The van der Waals surface area contributed by atoms with Crippen LogP contribution in [-0.2, 0) is 7.05 Å². The van der Waals surface area contributed by atoms with Crippen LogP contribution in [-0.4, -0.2) is 20.4 Å². The lowest BCUT2D eigenvalue weighted by atomic mass is 10.1. The zero-order chi connectivity index (χ0) is 15.9. The smallest absolute Gasteiger partial charge is 0.250 e. The quantitative estimate of drug-likeness (QED) is 0.683. The Labute approximate surface area is 139 Å². The van der Waals surface area contributed by atoms with Gasteiger partial charge in [-0.3, -0.25) is 4.79 Å². The first-order valence-corrected chi connectivity index (χ1v) is 7.48. The lowest BCUT2D eigenvalue weighted by Crippen LogP contribution is -2.13. The number of aryl methyl sites for hydroxylation is 1. The van der Waals surface area contributed by atoms with Crippen LogP contribution in [0.1, 0.15) is 10.4 Å². The van der Waals surface area contributed by atoms with E-state index in [0.29, 0.717) is 22.7 Å². The van der Waals surface area contributed by atoms with E-state index >= 15 is 0 Å². The van der Waals surface area contributed by atoms with Crippen LogP contribution in [0.25, 0.3) is 11.0 Å². The Hall–Kier alpha value is -2.12. The summed E-state index contributed by atoms with van der Waals surface area (Å²) in [6.45, 7) is 0. The van der Waals surface area contributed by atoms with Gasteiger partial charge in [0.1, 0.15) is 11.5 Å². The molecule has 1 aromatic carbocycles. The van der Waals surface area contributed by atoms with Gasteiger partial charge in [0.15, 0.2) is 0 Å². The van der Waals surface area contributed by atoms with Gasteiger partial charge in [0.05, 0.1) is 16.6 Å². The maximum Gasteiger partial charge on any atom is 0.250 e. The molecule has 0 fully saturated rings. The fourth-order valence-electron chi connectivity index (χ4n) is 2.16. The predicted molar refractivity (Wildman–Crippen MR) is 89.5 cm³/mol. The van der Waals surface area contributed by atoms with Gasteiger partial charge in [-0.25, -0.2) is 0 Å². The van der Waals surface area contributed by atoms with Crippen LogP contribution in [0, 0.1) is 0 Å². The zero-order valence-corrected chi connectivity index (χ0v) is 13.8. The molecule has 0 saturated carbocycles. The molecule has 1 amide bonds. The number of halogens is 2. The van der Waals surface area contributed by atoms with Gasteiger partial charge in [-0.1, -0.05) is 15.9 Å². The van der Waals surface area contributed by atoms with Gasteiger partial charge in [0.2, 0.25) is 5.28 Å². The van der Waals surface area contributed by atoms with Crippen molar-refractivity contribution in [2.75, 3.05) is 5.32 Å². The first kappa shape index (κ1) is 14.8. The topological polar surface area (TPSA) is 85.8 Å². The number of nitrogens with one attached hydrogen (secondary N) is 1. The number of primary amides is 1. The summed E-state index contributed by atoms with van der Waals surface area (Å²) in [5.74, 6) is -0.0197. The number of benzene rings is 1. The van der Waals surface area contributed by atoms with E-state index in [4.69, 9.17) is 17.3 Å². The fraction of sp³-hybridized carbons (Fsp3) is 0.0714. The van der Waals surface area contributed by atoms with E-state index in [1.54, 1.807) is 18.2 Å². The van der Waals surface area contributed by atoms with E-state index in [9.17, 15) is 4.79 Å². The third kappa shape index (κ3) is 2.65. The van der Waals surface area contributed by atoms with Crippen molar-refractivity contribution in [1.82, 2.24) is 14.5 Å². The van der Waals surface area contributed by atoms with Crippen molar-refractivity contribution < 1.29 is 4.79 Å². The van der Waals surface area contributed by atoms with Crippen LogP contribution in [0.15, 0.2) is 34.9 Å². The maximum atomic E-state index is 11.6. The third-order valence-corrected chi connectivity index (χ3v) is 3.86. The minimum Gasteiger partial charge on any atom is -0.366 e. The number of nitrogens with zero attached hydrogens (tertiary/aromatic N) is 3. The number of fused-ring (bicyclic) bond motifs is 1. The number of carbonyl (C=O) groups excluding carboxylic acids is 1. The molecule has 2 aromatic heterocycles. The number of hydrogen-bond acceptors (Lipinski definition) is 4. The lowest BCUT2D eigenvalue weighted by Gasteiger charge is -2.11. The highest BCUT2D eigenvalue weighted by Gasteiger charge is 2.14. The average Bonchev–Trinajstić information content (AvgIpc) is 2.82. The van der Waals surface area contributed by atoms with Gasteiger partial charge >= 0.3 is 0 Å². The SMILES string of the molecule is Cn1ccc2c(Nc3ccc(Br)cc3C(N)=O)nc(Cl)nc21. The van der Waals surface area contributed by atoms with Gasteiger partial charge in [0.25, 0.3) is 5.91 Å². The number of hydrogen-bond donors (Lipinski definition) is 2. The number of carbonyl (C=O) groups is 1. The summed E-state index contributed by atoms with van der Waals surface area (Å²) < 4.78 is 2.60. The molecule has 0 bridgehead atoms. The Balaban J connectivity index is 2.13. The van der Waals surface area contributed by atoms with Crippen LogP contribution in [0.3, 0.4) is 0 Å². The molecule has 0 unspecified atom stereocenters. The van der Waals surface area contributed by atoms with Crippen molar-refractivity contribution in [3.05, 3.63) is 45.8 Å². The summed E-state index contributed by atoms with van der Waals surface area (Å²) in [5, 5.41) is 4.02. The molecule has 2 heterocycles. The van der Waals surface area contributed by atoms with Gasteiger partial charge in [-0.15, -0.1) is 0 Å². The van der Waals surface area contributed by atoms with Crippen molar-refractivity contribution in [3.63, 3.8) is 0 Å². The molecule has 22 heavy (non-hydrogen) atoms. The van der Waals surface area contributed by atoms with E-state index in [0.717, 1.165) is 9.86 Å². The van der Waals surface area contributed by atoms with Gasteiger partial charge in [0, 0.05) is 17.7 Å². The van der Waals surface area contributed by atoms with Gasteiger partial charge in [-0.05, 0) is 35.9 Å². The molecule has 112 valence electrons. The second-order valence-corrected chi connectivity index (χ2v) is 5.94. The number of nitrogens with two attached hydrogens (primary N) is 1. The van der Waals surface area contributed by atoms with Crippen molar-refractivity contribution in [1.29, 1.82) is 0 Å². The molecule has 3 N–H and O–H groups in total. The third-order valence-electron chi connectivity index (χ3n) is 3.20. The van der Waals surface area contributed by atoms with Crippen molar-refractivity contribution in [3.8, 4) is 0 Å². The zero-order valence-electron chi connectivity index (χ0n) is 11.5. The first-order chi connectivity index (χ1) is 10.5. The molecule has 6 nitrogen and oxygen atoms in total. The highest BCUT2D eigenvalue weighted by Crippen LogP contribution is 2.28. The van der Waals surface area contributed by atoms with E-state index in [1.165, 1.54) is 0 Å². The largest absolute Gasteiger partial charge is 0.366 e. The molecule has 0 aliphatic heterocycles. The molecule has 0 radical (unpaired) electrons. The van der Waals surface area contributed by atoms with E-state index in [2.05, 4.69) is 31.2 Å². The minimum atomic E-state index is -0.534. The predicted octanol–water partition coefficient (Wildman–Crippen LogP) is 3.23. The highest BCUT2D eigenvalue weighted by molar-refractivity contribution is 9.10. The molecule has 0 spiro atoms. The summed E-state index contributed by atoms with van der Waals surface area (Å²) in [6.07, 6.45) is 1.86. The van der Waals surface area contributed by atoms with E-state index in [1.807, 2.05) is 23.9 Å². The number of aromatic nitrogens is 3. The lowest BCUT2D eigenvalue weighted by molar-refractivity contribution is 0.100. The molecule has 0 aliphatic rings. The molecule has 0 aliphatic carbocycles. The normalized spacial score (nSPS) is 10.9. The van der Waals surface area contributed by atoms with Gasteiger partial charge in [-0.2, -0.15) is 9.97 Å². The van der Waals surface area contributed by atoms with E-state index < -0.39 is 5.91 Å². The van der Waals surface area contributed by atoms with E-state index in [-0.39, 0.29) is 5.28 Å². The number of anilines is 2. The summed E-state index contributed by atoms with van der Waals surface area (Å²) in [5.41, 5.74) is 7.02. The molecule has 8 heteroatoms. The second-order valence-electron chi connectivity index (χ2n) is 4.68. The fourth-order valence-corrected chi connectivity index (χ4v) is 2.69. The van der Waals surface area contributed by atoms with Crippen LogP contribution >= 0.6 is 27.5 Å². The highest BCUT2D eigenvalue weighted by atomic mass is 79.9.